The minimum absolute atomic E-state index is 0.0202. The van der Waals surface area contributed by atoms with Crippen LogP contribution in [0.2, 0.25) is 0 Å². The van der Waals surface area contributed by atoms with Gasteiger partial charge >= 0.3 is 5.97 Å². The van der Waals surface area contributed by atoms with Crippen molar-refractivity contribution in [2.75, 3.05) is 6.54 Å². The predicted molar refractivity (Wildman–Crippen MR) is 83.2 cm³/mol. The van der Waals surface area contributed by atoms with Gasteiger partial charge in [-0.05, 0) is 49.9 Å². The van der Waals surface area contributed by atoms with Crippen LogP contribution in [-0.2, 0) is 4.79 Å². The van der Waals surface area contributed by atoms with Gasteiger partial charge in [-0.15, -0.1) is 0 Å². The van der Waals surface area contributed by atoms with E-state index >= 15 is 0 Å². The molecule has 0 radical (unpaired) electrons. The second kappa shape index (κ2) is 6.40. The number of amides is 2. The average molecular weight is 316 g/mol. The summed E-state index contributed by atoms with van der Waals surface area (Å²) >= 11 is 0. The first-order valence-corrected chi connectivity index (χ1v) is 7.98. The topological polar surface area (TPSA) is 86.7 Å². The standard InChI is InChI=1S/C17H20N2O4/c20-15(21)10-14-2-1-9-19(14)17(23)12-5-3-11(4-6-12)16(22)18-13-7-8-13/h3-6,13-14H,1-2,7-10H2,(H,18,22)(H,20,21). The van der Waals surface area contributed by atoms with Gasteiger partial charge in [0.15, 0.2) is 0 Å². The van der Waals surface area contributed by atoms with Crippen LogP contribution < -0.4 is 5.32 Å². The molecule has 3 rings (SSSR count). The van der Waals surface area contributed by atoms with Gasteiger partial charge in [0.25, 0.3) is 11.8 Å². The number of carbonyl (C=O) groups excluding carboxylic acids is 2. The summed E-state index contributed by atoms with van der Waals surface area (Å²) in [5.74, 6) is -1.17. The van der Waals surface area contributed by atoms with Crippen LogP contribution in [0.3, 0.4) is 0 Å². The van der Waals surface area contributed by atoms with Crippen LogP contribution in [0.4, 0.5) is 0 Å². The largest absolute Gasteiger partial charge is 0.481 e. The Morgan fingerprint density at radius 2 is 1.74 bits per heavy atom. The van der Waals surface area contributed by atoms with Crippen molar-refractivity contribution in [3.63, 3.8) is 0 Å². The monoisotopic (exact) mass is 316 g/mol. The zero-order chi connectivity index (χ0) is 16.4. The summed E-state index contributed by atoms with van der Waals surface area (Å²) < 4.78 is 0. The van der Waals surface area contributed by atoms with E-state index in [1.54, 1.807) is 29.2 Å². The molecular weight excluding hydrogens is 296 g/mol. The van der Waals surface area contributed by atoms with Crippen molar-refractivity contribution in [1.29, 1.82) is 0 Å². The Bertz CT molecular complexity index is 622. The molecular formula is C17H20N2O4. The molecule has 1 heterocycles. The lowest BCUT2D eigenvalue weighted by molar-refractivity contribution is -0.137. The van der Waals surface area contributed by atoms with Crippen LogP contribution in [0, 0.1) is 0 Å². The molecule has 122 valence electrons. The first kappa shape index (κ1) is 15.5. The summed E-state index contributed by atoms with van der Waals surface area (Å²) in [5, 5.41) is 11.8. The van der Waals surface area contributed by atoms with Crippen molar-refractivity contribution in [2.24, 2.45) is 0 Å². The molecule has 0 spiro atoms. The van der Waals surface area contributed by atoms with E-state index in [0.29, 0.717) is 23.7 Å². The highest BCUT2D eigenvalue weighted by atomic mass is 16.4. The fourth-order valence-corrected chi connectivity index (χ4v) is 2.94. The van der Waals surface area contributed by atoms with E-state index < -0.39 is 5.97 Å². The fraction of sp³-hybridized carbons (Fsp3) is 0.471. The number of carbonyl (C=O) groups is 3. The van der Waals surface area contributed by atoms with Crippen LogP contribution in [-0.4, -0.2) is 46.4 Å². The van der Waals surface area contributed by atoms with E-state index in [4.69, 9.17) is 5.11 Å². The number of aliphatic carboxylic acids is 1. The first-order chi connectivity index (χ1) is 11.0. The van der Waals surface area contributed by atoms with Crippen molar-refractivity contribution in [1.82, 2.24) is 10.2 Å². The Kier molecular flexibility index (Phi) is 4.32. The normalized spacial score (nSPS) is 20.3. The van der Waals surface area contributed by atoms with Crippen molar-refractivity contribution >= 4 is 17.8 Å². The van der Waals surface area contributed by atoms with E-state index in [0.717, 1.165) is 25.7 Å². The molecule has 1 aliphatic carbocycles. The SMILES string of the molecule is O=C(O)CC1CCCN1C(=O)c1ccc(C(=O)NC2CC2)cc1. The fourth-order valence-electron chi connectivity index (χ4n) is 2.94. The zero-order valence-electron chi connectivity index (χ0n) is 12.8. The molecule has 1 unspecified atom stereocenters. The summed E-state index contributed by atoms with van der Waals surface area (Å²) in [4.78, 5) is 37.0. The van der Waals surface area contributed by atoms with E-state index in [1.165, 1.54) is 0 Å². The molecule has 2 fully saturated rings. The Morgan fingerprint density at radius 3 is 2.35 bits per heavy atom. The van der Waals surface area contributed by atoms with E-state index in [9.17, 15) is 14.4 Å². The number of nitrogens with one attached hydrogen (secondary N) is 1. The van der Waals surface area contributed by atoms with E-state index in [1.807, 2.05) is 0 Å². The molecule has 1 aromatic rings. The van der Waals surface area contributed by atoms with E-state index in [-0.39, 0.29) is 24.3 Å². The van der Waals surface area contributed by atoms with Gasteiger partial charge in [0.1, 0.15) is 0 Å². The molecule has 23 heavy (non-hydrogen) atoms. The molecule has 0 bridgehead atoms. The maximum Gasteiger partial charge on any atom is 0.305 e. The first-order valence-electron chi connectivity index (χ1n) is 7.98. The van der Waals surface area contributed by atoms with Crippen LogP contribution in [0.15, 0.2) is 24.3 Å². The lowest BCUT2D eigenvalue weighted by Crippen LogP contribution is -2.36. The predicted octanol–water partition coefficient (Wildman–Crippen LogP) is 1.66. The molecule has 2 aliphatic rings. The Labute approximate surface area is 134 Å². The number of carboxylic acid groups (broad SMARTS) is 1. The van der Waals surface area contributed by atoms with Crippen molar-refractivity contribution < 1.29 is 19.5 Å². The van der Waals surface area contributed by atoms with Gasteiger partial charge < -0.3 is 15.3 Å². The maximum atomic E-state index is 12.5. The molecule has 2 N–H and O–H groups in total. The second-order valence-electron chi connectivity index (χ2n) is 6.22. The van der Waals surface area contributed by atoms with Gasteiger partial charge in [0.05, 0.1) is 6.42 Å². The third kappa shape index (κ3) is 3.70. The van der Waals surface area contributed by atoms with Crippen LogP contribution in [0.5, 0.6) is 0 Å². The third-order valence-corrected chi connectivity index (χ3v) is 4.35. The minimum atomic E-state index is -0.887. The summed E-state index contributed by atoms with van der Waals surface area (Å²) in [6, 6.07) is 6.63. The van der Waals surface area contributed by atoms with Gasteiger partial charge in [0, 0.05) is 29.8 Å². The van der Waals surface area contributed by atoms with Crippen LogP contribution >= 0.6 is 0 Å². The number of likely N-dealkylation sites (tertiary alicyclic amines) is 1. The Morgan fingerprint density at radius 1 is 1.09 bits per heavy atom. The molecule has 2 amide bonds. The summed E-state index contributed by atoms with van der Waals surface area (Å²) in [7, 11) is 0. The number of carboxylic acids is 1. The highest BCUT2D eigenvalue weighted by molar-refractivity contribution is 5.98. The van der Waals surface area contributed by atoms with Crippen molar-refractivity contribution in [2.45, 2.75) is 44.2 Å². The Balaban J connectivity index is 1.67. The molecule has 1 saturated carbocycles. The minimum Gasteiger partial charge on any atom is -0.481 e. The molecule has 1 aromatic carbocycles. The van der Waals surface area contributed by atoms with Crippen molar-refractivity contribution in [3.05, 3.63) is 35.4 Å². The Hall–Kier alpha value is -2.37. The van der Waals surface area contributed by atoms with Gasteiger partial charge in [-0.25, -0.2) is 0 Å². The second-order valence-corrected chi connectivity index (χ2v) is 6.22. The van der Waals surface area contributed by atoms with Gasteiger partial charge in [-0.3, -0.25) is 14.4 Å². The van der Waals surface area contributed by atoms with Gasteiger partial charge in [0.2, 0.25) is 0 Å². The lowest BCUT2D eigenvalue weighted by Gasteiger charge is -2.23. The lowest BCUT2D eigenvalue weighted by atomic mass is 10.1. The van der Waals surface area contributed by atoms with E-state index in [2.05, 4.69) is 5.32 Å². The number of benzene rings is 1. The van der Waals surface area contributed by atoms with Crippen LogP contribution in [0.25, 0.3) is 0 Å². The third-order valence-electron chi connectivity index (χ3n) is 4.35. The molecule has 1 saturated heterocycles. The van der Waals surface area contributed by atoms with Gasteiger partial charge in [-0.1, -0.05) is 0 Å². The highest BCUT2D eigenvalue weighted by Crippen LogP contribution is 2.23. The molecule has 6 nitrogen and oxygen atoms in total. The number of hydrogen-bond acceptors (Lipinski definition) is 3. The smallest absolute Gasteiger partial charge is 0.305 e. The maximum absolute atomic E-state index is 12.5. The molecule has 0 aromatic heterocycles. The highest BCUT2D eigenvalue weighted by Gasteiger charge is 2.31. The number of rotatable bonds is 5. The quantitative estimate of drug-likeness (QED) is 0.865. The zero-order valence-corrected chi connectivity index (χ0v) is 12.8. The van der Waals surface area contributed by atoms with Crippen LogP contribution in [0.1, 0.15) is 52.8 Å². The van der Waals surface area contributed by atoms with Gasteiger partial charge in [-0.2, -0.15) is 0 Å². The molecule has 6 heteroatoms. The average Bonchev–Trinajstić information content (AvgIpc) is 3.23. The van der Waals surface area contributed by atoms with Crippen molar-refractivity contribution in [3.8, 4) is 0 Å². The number of hydrogen-bond donors (Lipinski definition) is 2. The molecule has 1 atom stereocenters. The summed E-state index contributed by atoms with van der Waals surface area (Å²) in [6.07, 6.45) is 3.59. The molecule has 1 aliphatic heterocycles. The summed E-state index contributed by atoms with van der Waals surface area (Å²) in [6.45, 7) is 0.584. The summed E-state index contributed by atoms with van der Waals surface area (Å²) in [5.41, 5.74) is 1.03. The number of nitrogens with zero attached hydrogens (tertiary/aromatic N) is 1.